The van der Waals surface area contributed by atoms with Crippen LogP contribution in [0.2, 0.25) is 0 Å². The van der Waals surface area contributed by atoms with Gasteiger partial charge in [-0.15, -0.1) is 0 Å². The summed E-state index contributed by atoms with van der Waals surface area (Å²) in [6.45, 7) is 12.9. The Morgan fingerprint density at radius 2 is 2.05 bits per heavy atom. The predicted octanol–water partition coefficient (Wildman–Crippen LogP) is 2.00. The van der Waals surface area contributed by atoms with Gasteiger partial charge in [0.15, 0.2) is 0 Å². The fourth-order valence-corrected chi connectivity index (χ4v) is 3.03. The Balaban J connectivity index is 2.36. The molecule has 3 atom stereocenters. The van der Waals surface area contributed by atoms with Crippen molar-refractivity contribution in [3.05, 3.63) is 0 Å². The van der Waals surface area contributed by atoms with Gasteiger partial charge >= 0.3 is 0 Å². The van der Waals surface area contributed by atoms with Crippen LogP contribution in [0.3, 0.4) is 0 Å². The first-order chi connectivity index (χ1) is 9.58. The van der Waals surface area contributed by atoms with E-state index in [1.54, 1.807) is 0 Å². The van der Waals surface area contributed by atoms with Gasteiger partial charge in [-0.2, -0.15) is 0 Å². The molecule has 1 rings (SSSR count). The standard InChI is InChI=1S/C16H33N3O/c1-5-9-17-16(20)14(4)18-13(3)15-8-7-11-19(12-15)10-6-2/h13-15,18H,5-12H2,1-4H3,(H,17,20). The number of carbonyl (C=O) groups excluding carboxylic acids is 1. The van der Waals surface area contributed by atoms with E-state index in [1.807, 2.05) is 6.92 Å². The van der Waals surface area contributed by atoms with Crippen molar-refractivity contribution in [2.45, 2.75) is 65.5 Å². The van der Waals surface area contributed by atoms with E-state index in [4.69, 9.17) is 0 Å². The average molecular weight is 283 g/mol. The van der Waals surface area contributed by atoms with Crippen LogP contribution in [0.25, 0.3) is 0 Å². The van der Waals surface area contributed by atoms with Gasteiger partial charge in [0.2, 0.25) is 5.91 Å². The van der Waals surface area contributed by atoms with Crippen LogP contribution in [-0.4, -0.2) is 49.1 Å². The fraction of sp³-hybridized carbons (Fsp3) is 0.938. The molecule has 1 amide bonds. The number of piperidine rings is 1. The molecule has 0 spiro atoms. The summed E-state index contributed by atoms with van der Waals surface area (Å²) in [6, 6.07) is 0.301. The SMILES string of the molecule is CCCNC(=O)C(C)NC(C)C1CCCN(CCC)C1. The van der Waals surface area contributed by atoms with Gasteiger partial charge in [-0.05, 0) is 58.5 Å². The molecule has 0 aromatic heterocycles. The smallest absolute Gasteiger partial charge is 0.236 e. The van der Waals surface area contributed by atoms with Crippen molar-refractivity contribution < 1.29 is 4.79 Å². The number of amides is 1. The number of hydrogen-bond acceptors (Lipinski definition) is 3. The summed E-state index contributed by atoms with van der Waals surface area (Å²) in [4.78, 5) is 14.5. The second-order valence-corrected chi connectivity index (χ2v) is 6.17. The van der Waals surface area contributed by atoms with E-state index in [-0.39, 0.29) is 11.9 Å². The maximum absolute atomic E-state index is 11.9. The molecule has 0 saturated carbocycles. The number of nitrogens with one attached hydrogen (secondary N) is 2. The van der Waals surface area contributed by atoms with Crippen molar-refractivity contribution in [3.63, 3.8) is 0 Å². The Bertz CT molecular complexity index is 281. The molecule has 3 unspecified atom stereocenters. The van der Waals surface area contributed by atoms with Crippen molar-refractivity contribution >= 4 is 5.91 Å². The highest BCUT2D eigenvalue weighted by Gasteiger charge is 2.26. The average Bonchev–Trinajstić information content (AvgIpc) is 2.45. The van der Waals surface area contributed by atoms with Crippen molar-refractivity contribution in [2.75, 3.05) is 26.2 Å². The Morgan fingerprint density at radius 1 is 1.30 bits per heavy atom. The normalized spacial score (nSPS) is 23.3. The molecule has 4 heteroatoms. The molecule has 1 saturated heterocycles. The first kappa shape index (κ1) is 17.4. The summed E-state index contributed by atoms with van der Waals surface area (Å²) in [6.07, 6.45) is 4.78. The molecule has 0 radical (unpaired) electrons. The van der Waals surface area contributed by atoms with Crippen LogP contribution in [0.15, 0.2) is 0 Å². The second kappa shape index (κ2) is 9.35. The zero-order valence-electron chi connectivity index (χ0n) is 13.7. The van der Waals surface area contributed by atoms with Crippen LogP contribution in [0.1, 0.15) is 53.4 Å². The zero-order chi connectivity index (χ0) is 15.0. The van der Waals surface area contributed by atoms with Crippen molar-refractivity contribution in [1.29, 1.82) is 0 Å². The number of hydrogen-bond donors (Lipinski definition) is 2. The van der Waals surface area contributed by atoms with Gasteiger partial charge in [0.25, 0.3) is 0 Å². The van der Waals surface area contributed by atoms with Crippen LogP contribution in [0.5, 0.6) is 0 Å². The molecule has 0 aromatic carbocycles. The Labute approximate surface area is 124 Å². The van der Waals surface area contributed by atoms with Gasteiger partial charge in [0, 0.05) is 19.1 Å². The summed E-state index contributed by atoms with van der Waals surface area (Å²) in [5, 5.41) is 6.44. The van der Waals surface area contributed by atoms with Gasteiger partial charge in [-0.25, -0.2) is 0 Å². The Hall–Kier alpha value is -0.610. The van der Waals surface area contributed by atoms with Crippen LogP contribution in [-0.2, 0) is 4.79 Å². The van der Waals surface area contributed by atoms with Gasteiger partial charge in [-0.1, -0.05) is 13.8 Å². The number of rotatable bonds is 8. The molecule has 0 bridgehead atoms. The quantitative estimate of drug-likeness (QED) is 0.716. The van der Waals surface area contributed by atoms with Crippen LogP contribution < -0.4 is 10.6 Å². The highest BCUT2D eigenvalue weighted by Crippen LogP contribution is 2.20. The molecule has 1 aliphatic rings. The first-order valence-corrected chi connectivity index (χ1v) is 8.34. The van der Waals surface area contributed by atoms with Gasteiger partial charge < -0.3 is 15.5 Å². The minimum absolute atomic E-state index is 0.0990. The summed E-state index contributed by atoms with van der Waals surface area (Å²) < 4.78 is 0. The summed E-state index contributed by atoms with van der Waals surface area (Å²) in [5.74, 6) is 0.789. The number of likely N-dealkylation sites (tertiary alicyclic amines) is 1. The lowest BCUT2D eigenvalue weighted by Crippen LogP contribution is -2.51. The monoisotopic (exact) mass is 283 g/mol. The molecular weight excluding hydrogens is 250 g/mol. The number of nitrogens with zero attached hydrogens (tertiary/aromatic N) is 1. The summed E-state index contributed by atoms with van der Waals surface area (Å²) in [7, 11) is 0. The van der Waals surface area contributed by atoms with E-state index in [9.17, 15) is 4.79 Å². The van der Waals surface area contributed by atoms with Gasteiger partial charge in [-0.3, -0.25) is 4.79 Å². The fourth-order valence-electron chi connectivity index (χ4n) is 3.03. The van der Waals surface area contributed by atoms with Crippen molar-refractivity contribution in [3.8, 4) is 0 Å². The number of carbonyl (C=O) groups is 1. The van der Waals surface area contributed by atoms with Crippen LogP contribution in [0, 0.1) is 5.92 Å². The Kier molecular flexibility index (Phi) is 8.15. The minimum Gasteiger partial charge on any atom is -0.355 e. The van der Waals surface area contributed by atoms with E-state index >= 15 is 0 Å². The molecule has 0 aromatic rings. The molecule has 1 fully saturated rings. The third kappa shape index (κ3) is 5.80. The molecule has 118 valence electrons. The molecule has 4 nitrogen and oxygen atoms in total. The summed E-state index contributed by atoms with van der Waals surface area (Å²) in [5.41, 5.74) is 0. The maximum Gasteiger partial charge on any atom is 0.236 e. The lowest BCUT2D eigenvalue weighted by atomic mass is 9.91. The zero-order valence-corrected chi connectivity index (χ0v) is 13.7. The highest BCUT2D eigenvalue weighted by atomic mass is 16.2. The van der Waals surface area contributed by atoms with E-state index in [0.717, 1.165) is 13.0 Å². The lowest BCUT2D eigenvalue weighted by Gasteiger charge is -2.36. The van der Waals surface area contributed by atoms with Gasteiger partial charge in [0.1, 0.15) is 0 Å². The minimum atomic E-state index is -0.0990. The van der Waals surface area contributed by atoms with Crippen LogP contribution in [0.4, 0.5) is 0 Å². The predicted molar refractivity (Wildman–Crippen MR) is 84.8 cm³/mol. The first-order valence-electron chi connectivity index (χ1n) is 8.34. The molecule has 20 heavy (non-hydrogen) atoms. The Morgan fingerprint density at radius 3 is 2.70 bits per heavy atom. The lowest BCUT2D eigenvalue weighted by molar-refractivity contribution is -0.123. The third-order valence-corrected chi connectivity index (χ3v) is 4.24. The third-order valence-electron chi connectivity index (χ3n) is 4.24. The maximum atomic E-state index is 11.9. The van der Waals surface area contributed by atoms with E-state index in [0.29, 0.717) is 12.0 Å². The van der Waals surface area contributed by atoms with E-state index < -0.39 is 0 Å². The van der Waals surface area contributed by atoms with Crippen molar-refractivity contribution in [2.24, 2.45) is 5.92 Å². The van der Waals surface area contributed by atoms with E-state index in [1.165, 1.54) is 38.9 Å². The summed E-state index contributed by atoms with van der Waals surface area (Å²) >= 11 is 0. The topological polar surface area (TPSA) is 44.4 Å². The van der Waals surface area contributed by atoms with E-state index in [2.05, 4.69) is 36.3 Å². The molecule has 0 aliphatic carbocycles. The highest BCUT2D eigenvalue weighted by molar-refractivity contribution is 5.81. The largest absolute Gasteiger partial charge is 0.355 e. The molecule has 1 heterocycles. The van der Waals surface area contributed by atoms with Gasteiger partial charge in [0.05, 0.1) is 6.04 Å². The van der Waals surface area contributed by atoms with Crippen molar-refractivity contribution in [1.82, 2.24) is 15.5 Å². The van der Waals surface area contributed by atoms with Crippen LogP contribution >= 0.6 is 0 Å². The molecule has 1 aliphatic heterocycles. The molecular formula is C16H33N3O. The second-order valence-electron chi connectivity index (χ2n) is 6.17. The molecule has 2 N–H and O–H groups in total.